The van der Waals surface area contributed by atoms with Crippen LogP contribution in [0.1, 0.15) is 20.2 Å². The molecule has 0 bridgehead atoms. The highest BCUT2D eigenvalue weighted by Crippen LogP contribution is 2.29. The maximum atomic E-state index is 11.1. The normalized spacial score (nSPS) is 11.0. The molecule has 1 N–H and O–H groups in total. The lowest BCUT2D eigenvalue weighted by Gasteiger charge is -2.02. The monoisotopic (exact) mass is 322 g/mol. The van der Waals surface area contributed by atoms with Gasteiger partial charge >= 0.3 is 5.97 Å². The zero-order valence-electron chi connectivity index (χ0n) is 11.0. The number of halogens is 1. The van der Waals surface area contributed by atoms with Crippen LogP contribution in [0.25, 0.3) is 5.65 Å². The summed E-state index contributed by atoms with van der Waals surface area (Å²) in [7, 11) is 0. The number of fused-ring (bicyclic) bond motifs is 1. The Morgan fingerprint density at radius 2 is 2.29 bits per heavy atom. The number of carboxylic acid groups (broad SMARTS) is 1. The van der Waals surface area contributed by atoms with Gasteiger partial charge in [-0.25, -0.2) is 9.78 Å². The first-order chi connectivity index (χ1) is 10.0. The molecular formula is C14H11ClN2O3S. The molecule has 0 atom stereocenters. The lowest BCUT2D eigenvalue weighted by molar-refractivity contribution is 0.0697. The quantitative estimate of drug-likeness (QED) is 0.796. The highest BCUT2D eigenvalue weighted by Gasteiger charge is 2.15. The van der Waals surface area contributed by atoms with Crippen LogP contribution >= 0.6 is 22.9 Å². The van der Waals surface area contributed by atoms with E-state index in [4.69, 9.17) is 21.4 Å². The molecule has 0 saturated heterocycles. The van der Waals surface area contributed by atoms with Gasteiger partial charge in [0, 0.05) is 17.3 Å². The second-order valence-electron chi connectivity index (χ2n) is 4.49. The van der Waals surface area contributed by atoms with E-state index in [0.717, 1.165) is 10.5 Å². The molecule has 3 aromatic rings. The Morgan fingerprint density at radius 1 is 1.48 bits per heavy atom. The van der Waals surface area contributed by atoms with E-state index in [1.165, 1.54) is 11.3 Å². The predicted octanol–water partition coefficient (Wildman–Crippen LogP) is 3.63. The SMILES string of the molecule is Cc1cc(OCc2cn3cc(Cl)ccc3n2)c(C(=O)O)s1. The molecule has 0 aliphatic rings. The third-order valence-electron chi connectivity index (χ3n) is 2.86. The van der Waals surface area contributed by atoms with E-state index in [2.05, 4.69) is 4.98 Å². The van der Waals surface area contributed by atoms with Crippen LogP contribution in [0.2, 0.25) is 5.02 Å². The third-order valence-corrected chi connectivity index (χ3v) is 4.10. The number of aryl methyl sites for hydroxylation is 1. The molecule has 0 amide bonds. The molecule has 0 fully saturated rings. The van der Waals surface area contributed by atoms with Gasteiger partial charge in [-0.2, -0.15) is 0 Å². The largest absolute Gasteiger partial charge is 0.485 e. The molecule has 21 heavy (non-hydrogen) atoms. The van der Waals surface area contributed by atoms with Gasteiger partial charge in [0.2, 0.25) is 0 Å². The number of rotatable bonds is 4. The molecule has 5 nitrogen and oxygen atoms in total. The van der Waals surface area contributed by atoms with Crippen molar-refractivity contribution in [1.82, 2.24) is 9.38 Å². The number of ether oxygens (including phenoxy) is 1. The van der Waals surface area contributed by atoms with Gasteiger partial charge in [-0.15, -0.1) is 11.3 Å². The molecule has 0 aliphatic heterocycles. The van der Waals surface area contributed by atoms with Crippen molar-refractivity contribution >= 4 is 34.6 Å². The van der Waals surface area contributed by atoms with E-state index in [0.29, 0.717) is 16.5 Å². The number of carbonyl (C=O) groups is 1. The third kappa shape index (κ3) is 2.86. The second kappa shape index (κ2) is 5.38. The number of aromatic carboxylic acids is 1. The standard InChI is InChI=1S/C14H11ClN2O3S/c1-8-4-11(13(21-8)14(18)19)20-7-10-6-17-5-9(15)2-3-12(17)16-10/h2-6H,7H2,1H3,(H,18,19). The van der Waals surface area contributed by atoms with Gasteiger partial charge in [0.05, 0.1) is 10.7 Å². The molecule has 0 saturated carbocycles. The van der Waals surface area contributed by atoms with E-state index in [9.17, 15) is 4.79 Å². The van der Waals surface area contributed by atoms with Gasteiger partial charge in [-0.05, 0) is 25.1 Å². The van der Waals surface area contributed by atoms with Crippen molar-refractivity contribution in [2.24, 2.45) is 0 Å². The summed E-state index contributed by atoms with van der Waals surface area (Å²) < 4.78 is 7.39. The lowest BCUT2D eigenvalue weighted by atomic mass is 10.4. The smallest absolute Gasteiger partial charge is 0.349 e. The molecule has 0 spiro atoms. The van der Waals surface area contributed by atoms with Crippen LogP contribution in [-0.2, 0) is 6.61 Å². The van der Waals surface area contributed by atoms with Gasteiger partial charge in [-0.1, -0.05) is 11.6 Å². The van der Waals surface area contributed by atoms with Crippen molar-refractivity contribution in [2.45, 2.75) is 13.5 Å². The van der Waals surface area contributed by atoms with E-state index in [1.807, 2.05) is 13.0 Å². The van der Waals surface area contributed by atoms with Crippen molar-refractivity contribution in [3.8, 4) is 5.75 Å². The summed E-state index contributed by atoms with van der Waals surface area (Å²) in [5.41, 5.74) is 1.47. The van der Waals surface area contributed by atoms with Gasteiger partial charge in [0.25, 0.3) is 0 Å². The Kier molecular flexibility index (Phi) is 3.57. The number of aromatic nitrogens is 2. The fourth-order valence-electron chi connectivity index (χ4n) is 1.99. The summed E-state index contributed by atoms with van der Waals surface area (Å²) in [6.07, 6.45) is 3.56. The minimum absolute atomic E-state index is 0.204. The van der Waals surface area contributed by atoms with Crippen LogP contribution in [0.3, 0.4) is 0 Å². The summed E-state index contributed by atoms with van der Waals surface area (Å²) in [6, 6.07) is 5.29. The number of carboxylic acids is 1. The van der Waals surface area contributed by atoms with Crippen LogP contribution in [-0.4, -0.2) is 20.5 Å². The molecule has 0 aliphatic carbocycles. The van der Waals surface area contributed by atoms with Crippen molar-refractivity contribution in [3.05, 3.63) is 51.1 Å². The van der Waals surface area contributed by atoms with Crippen molar-refractivity contribution < 1.29 is 14.6 Å². The van der Waals surface area contributed by atoms with E-state index >= 15 is 0 Å². The number of hydrogen-bond acceptors (Lipinski definition) is 4. The molecule has 3 heterocycles. The van der Waals surface area contributed by atoms with E-state index in [-0.39, 0.29) is 11.5 Å². The summed E-state index contributed by atoms with van der Waals surface area (Å²) in [6.45, 7) is 2.05. The molecule has 3 rings (SSSR count). The van der Waals surface area contributed by atoms with Crippen molar-refractivity contribution in [1.29, 1.82) is 0 Å². The molecule has 0 radical (unpaired) electrons. The summed E-state index contributed by atoms with van der Waals surface area (Å²) in [5.74, 6) is -0.607. The topological polar surface area (TPSA) is 63.8 Å². The Hall–Kier alpha value is -2.05. The highest BCUT2D eigenvalue weighted by molar-refractivity contribution is 7.14. The first kappa shape index (κ1) is 13.9. The number of hydrogen-bond donors (Lipinski definition) is 1. The number of pyridine rings is 1. The van der Waals surface area contributed by atoms with Gasteiger partial charge < -0.3 is 14.2 Å². The Bertz CT molecular complexity index is 825. The van der Waals surface area contributed by atoms with Gasteiger partial charge in [0.15, 0.2) is 4.88 Å². The maximum Gasteiger partial charge on any atom is 0.349 e. The number of nitrogens with zero attached hydrogens (tertiary/aromatic N) is 2. The van der Waals surface area contributed by atoms with Crippen molar-refractivity contribution in [2.75, 3.05) is 0 Å². The Balaban J connectivity index is 1.81. The predicted molar refractivity (Wildman–Crippen MR) is 80.5 cm³/mol. The molecular weight excluding hydrogens is 312 g/mol. The van der Waals surface area contributed by atoms with Crippen molar-refractivity contribution in [3.63, 3.8) is 0 Å². The Morgan fingerprint density at radius 3 is 3.05 bits per heavy atom. The summed E-state index contributed by atoms with van der Waals surface area (Å²) >= 11 is 7.11. The summed E-state index contributed by atoms with van der Waals surface area (Å²) in [4.78, 5) is 16.6. The minimum Gasteiger partial charge on any atom is -0.485 e. The minimum atomic E-state index is -0.982. The average Bonchev–Trinajstić information content (AvgIpc) is 2.98. The summed E-state index contributed by atoms with van der Waals surface area (Å²) in [5, 5.41) is 9.74. The molecule has 108 valence electrons. The fourth-order valence-corrected chi connectivity index (χ4v) is 2.95. The van der Waals surface area contributed by atoms with E-state index in [1.54, 1.807) is 28.9 Å². The molecule has 0 aromatic carbocycles. The first-order valence-corrected chi connectivity index (χ1v) is 7.32. The fraction of sp³-hybridized carbons (Fsp3) is 0.143. The molecule has 0 unspecified atom stereocenters. The zero-order valence-corrected chi connectivity index (χ0v) is 12.6. The van der Waals surface area contributed by atoms with Crippen LogP contribution in [0.15, 0.2) is 30.6 Å². The zero-order chi connectivity index (χ0) is 15.0. The number of thiophene rings is 1. The lowest BCUT2D eigenvalue weighted by Crippen LogP contribution is -2.00. The first-order valence-electron chi connectivity index (χ1n) is 6.12. The van der Waals surface area contributed by atoms with Crippen LogP contribution in [0.4, 0.5) is 0 Å². The molecule has 7 heteroatoms. The Labute approximate surface area is 129 Å². The van der Waals surface area contributed by atoms with Gasteiger partial charge in [-0.3, -0.25) is 0 Å². The highest BCUT2D eigenvalue weighted by atomic mass is 35.5. The van der Waals surface area contributed by atoms with Crippen LogP contribution in [0.5, 0.6) is 5.75 Å². The van der Waals surface area contributed by atoms with Gasteiger partial charge in [0.1, 0.15) is 18.0 Å². The van der Waals surface area contributed by atoms with Crippen LogP contribution < -0.4 is 4.74 Å². The number of imidazole rings is 1. The van der Waals surface area contributed by atoms with E-state index < -0.39 is 5.97 Å². The average molecular weight is 323 g/mol. The maximum absolute atomic E-state index is 11.1. The van der Waals surface area contributed by atoms with Crippen LogP contribution in [0, 0.1) is 6.92 Å². The molecule has 3 aromatic heterocycles. The second-order valence-corrected chi connectivity index (χ2v) is 6.18.